The third-order valence-electron chi connectivity index (χ3n) is 2.34. The summed E-state index contributed by atoms with van der Waals surface area (Å²) >= 11 is 3.30. The number of benzene rings is 1. The summed E-state index contributed by atoms with van der Waals surface area (Å²) in [6, 6.07) is 5.37. The van der Waals surface area contributed by atoms with Gasteiger partial charge in [-0.1, -0.05) is 35.8 Å². The monoisotopic (exact) mass is 298 g/mol. The molecular formula is C13H15BrO3. The van der Waals surface area contributed by atoms with E-state index in [1.807, 2.05) is 26.0 Å². The Bertz CT molecular complexity index is 438. The van der Waals surface area contributed by atoms with E-state index in [1.54, 1.807) is 13.0 Å². The van der Waals surface area contributed by atoms with Crippen molar-refractivity contribution in [2.24, 2.45) is 0 Å². The van der Waals surface area contributed by atoms with E-state index in [1.165, 1.54) is 0 Å². The predicted molar refractivity (Wildman–Crippen MR) is 69.2 cm³/mol. The average Bonchev–Trinajstić information content (AvgIpc) is 2.27. The van der Waals surface area contributed by atoms with Crippen molar-refractivity contribution in [3.05, 3.63) is 33.8 Å². The number of carbonyl (C=O) groups excluding carboxylic acids is 2. The molecule has 0 aliphatic carbocycles. The lowest BCUT2D eigenvalue weighted by Crippen LogP contribution is -2.19. The summed E-state index contributed by atoms with van der Waals surface area (Å²) in [6.07, 6.45) is 0. The van der Waals surface area contributed by atoms with E-state index in [9.17, 15) is 9.59 Å². The predicted octanol–water partition coefficient (Wildman–Crippen LogP) is 3.32. The smallest absolute Gasteiger partial charge is 0.379 e. The molecule has 0 aliphatic rings. The molecule has 0 spiro atoms. The summed E-state index contributed by atoms with van der Waals surface area (Å²) < 4.78 is 5.50. The summed E-state index contributed by atoms with van der Waals surface area (Å²) in [5, 5.41) is 0. The third kappa shape index (κ3) is 3.40. The van der Waals surface area contributed by atoms with Crippen LogP contribution in [0.4, 0.5) is 0 Å². The fraction of sp³-hybridized carbons (Fsp3) is 0.385. The Kier molecular flexibility index (Phi) is 4.87. The third-order valence-corrected chi connectivity index (χ3v) is 2.84. The Labute approximate surface area is 109 Å². The minimum absolute atomic E-state index is 0.177. The molecule has 17 heavy (non-hydrogen) atoms. The maximum absolute atomic E-state index is 11.9. The van der Waals surface area contributed by atoms with Gasteiger partial charge in [0.15, 0.2) is 0 Å². The quantitative estimate of drug-likeness (QED) is 0.486. The highest BCUT2D eigenvalue weighted by Crippen LogP contribution is 2.24. The normalized spacial score (nSPS) is 10.4. The average molecular weight is 299 g/mol. The summed E-state index contributed by atoms with van der Waals surface area (Å²) in [6.45, 7) is 5.83. The molecule has 0 aliphatic heterocycles. The molecule has 0 aromatic heterocycles. The number of carbonyl (C=O) groups is 2. The lowest BCUT2D eigenvalue weighted by atomic mass is 9.95. The van der Waals surface area contributed by atoms with Gasteiger partial charge in [0.25, 0.3) is 5.78 Å². The van der Waals surface area contributed by atoms with Crippen molar-refractivity contribution in [1.29, 1.82) is 0 Å². The summed E-state index contributed by atoms with van der Waals surface area (Å²) in [7, 11) is 0. The first-order valence-electron chi connectivity index (χ1n) is 5.48. The number of ether oxygens (including phenoxy) is 1. The van der Waals surface area contributed by atoms with Crippen molar-refractivity contribution < 1.29 is 14.3 Å². The lowest BCUT2D eigenvalue weighted by Gasteiger charge is -2.11. The fourth-order valence-corrected chi connectivity index (χ4v) is 1.90. The van der Waals surface area contributed by atoms with Crippen molar-refractivity contribution >= 4 is 27.7 Å². The number of Topliss-reactive ketones (excluding diaryl/α,β-unsaturated/α-hetero) is 1. The van der Waals surface area contributed by atoms with Crippen LogP contribution in [0.1, 0.15) is 42.6 Å². The number of ketones is 1. The van der Waals surface area contributed by atoms with Crippen molar-refractivity contribution in [3.8, 4) is 0 Å². The molecule has 1 rings (SSSR count). The van der Waals surface area contributed by atoms with E-state index in [-0.39, 0.29) is 12.5 Å². The Balaban J connectivity index is 3.15. The maximum atomic E-state index is 11.9. The van der Waals surface area contributed by atoms with Gasteiger partial charge < -0.3 is 4.74 Å². The number of rotatable bonds is 4. The Hall–Kier alpha value is -1.16. The van der Waals surface area contributed by atoms with Gasteiger partial charge in [0, 0.05) is 10.0 Å². The van der Waals surface area contributed by atoms with Crippen LogP contribution in [0, 0.1) is 0 Å². The Morgan fingerprint density at radius 3 is 2.53 bits per heavy atom. The molecule has 0 amide bonds. The molecule has 0 bridgehead atoms. The van der Waals surface area contributed by atoms with Gasteiger partial charge in [0.05, 0.1) is 6.61 Å². The van der Waals surface area contributed by atoms with Gasteiger partial charge in [-0.05, 0) is 30.5 Å². The van der Waals surface area contributed by atoms with Gasteiger partial charge in [0.1, 0.15) is 0 Å². The molecule has 1 aromatic carbocycles. The molecule has 0 atom stereocenters. The second-order valence-corrected chi connectivity index (χ2v) is 4.85. The minimum atomic E-state index is -0.799. The van der Waals surface area contributed by atoms with Gasteiger partial charge in [-0.3, -0.25) is 4.79 Å². The Morgan fingerprint density at radius 2 is 2.00 bits per heavy atom. The first kappa shape index (κ1) is 13.9. The van der Waals surface area contributed by atoms with E-state index >= 15 is 0 Å². The van der Waals surface area contributed by atoms with Crippen LogP contribution in [-0.4, -0.2) is 18.4 Å². The fourth-order valence-electron chi connectivity index (χ4n) is 1.54. The molecule has 0 saturated carbocycles. The summed E-state index contributed by atoms with van der Waals surface area (Å²) in [5.74, 6) is -1.21. The molecule has 0 heterocycles. The highest BCUT2D eigenvalue weighted by molar-refractivity contribution is 9.10. The van der Waals surface area contributed by atoms with Gasteiger partial charge >= 0.3 is 5.97 Å². The second kappa shape index (κ2) is 5.96. The molecule has 0 fully saturated rings. The molecule has 0 N–H and O–H groups in total. The van der Waals surface area contributed by atoms with Crippen molar-refractivity contribution in [3.63, 3.8) is 0 Å². The largest absolute Gasteiger partial charge is 0.460 e. The first-order chi connectivity index (χ1) is 7.97. The summed E-state index contributed by atoms with van der Waals surface area (Å²) in [5.41, 5.74) is 1.26. The molecule has 0 radical (unpaired) electrons. The zero-order valence-corrected chi connectivity index (χ0v) is 11.7. The number of esters is 1. The van der Waals surface area contributed by atoms with E-state index in [4.69, 9.17) is 4.74 Å². The molecular weight excluding hydrogens is 284 g/mol. The molecule has 0 saturated heterocycles. The number of hydrogen-bond donors (Lipinski definition) is 0. The van der Waals surface area contributed by atoms with Crippen LogP contribution in [0.25, 0.3) is 0 Å². The van der Waals surface area contributed by atoms with Crippen molar-refractivity contribution in [1.82, 2.24) is 0 Å². The molecule has 92 valence electrons. The molecule has 1 aromatic rings. The molecule has 4 heteroatoms. The van der Waals surface area contributed by atoms with Crippen LogP contribution < -0.4 is 0 Å². The van der Waals surface area contributed by atoms with Crippen molar-refractivity contribution in [2.75, 3.05) is 6.61 Å². The van der Waals surface area contributed by atoms with Crippen LogP contribution in [0.5, 0.6) is 0 Å². The zero-order valence-electron chi connectivity index (χ0n) is 10.1. The lowest BCUT2D eigenvalue weighted by molar-refractivity contribution is -0.137. The van der Waals surface area contributed by atoms with Gasteiger partial charge in [0.2, 0.25) is 0 Å². The number of hydrogen-bond acceptors (Lipinski definition) is 3. The molecule has 3 nitrogen and oxygen atoms in total. The zero-order chi connectivity index (χ0) is 13.0. The van der Waals surface area contributed by atoms with Crippen LogP contribution in [0.15, 0.2) is 22.7 Å². The van der Waals surface area contributed by atoms with Crippen LogP contribution in [-0.2, 0) is 9.53 Å². The van der Waals surface area contributed by atoms with Crippen LogP contribution in [0.3, 0.4) is 0 Å². The van der Waals surface area contributed by atoms with Gasteiger partial charge in [-0.15, -0.1) is 0 Å². The highest BCUT2D eigenvalue weighted by atomic mass is 79.9. The minimum Gasteiger partial charge on any atom is -0.460 e. The Morgan fingerprint density at radius 1 is 1.35 bits per heavy atom. The maximum Gasteiger partial charge on any atom is 0.379 e. The molecule has 0 unspecified atom stereocenters. The second-order valence-electron chi connectivity index (χ2n) is 3.94. The van der Waals surface area contributed by atoms with E-state index in [2.05, 4.69) is 15.9 Å². The standard InChI is InChI=1S/C13H15BrO3/c1-4-17-13(16)12(15)11-7-9(14)5-6-10(11)8(2)3/h5-8H,4H2,1-3H3. The van der Waals surface area contributed by atoms with E-state index < -0.39 is 11.8 Å². The first-order valence-corrected chi connectivity index (χ1v) is 6.27. The summed E-state index contributed by atoms with van der Waals surface area (Å²) in [4.78, 5) is 23.4. The van der Waals surface area contributed by atoms with Crippen LogP contribution >= 0.6 is 15.9 Å². The highest BCUT2D eigenvalue weighted by Gasteiger charge is 2.22. The van der Waals surface area contributed by atoms with Gasteiger partial charge in [-0.2, -0.15) is 0 Å². The van der Waals surface area contributed by atoms with Crippen LogP contribution in [0.2, 0.25) is 0 Å². The van der Waals surface area contributed by atoms with Crippen molar-refractivity contribution in [2.45, 2.75) is 26.7 Å². The van der Waals surface area contributed by atoms with E-state index in [0.29, 0.717) is 5.56 Å². The number of halogens is 1. The topological polar surface area (TPSA) is 43.4 Å². The van der Waals surface area contributed by atoms with E-state index in [0.717, 1.165) is 10.0 Å². The van der Waals surface area contributed by atoms with Gasteiger partial charge in [-0.25, -0.2) is 4.79 Å². The SMILES string of the molecule is CCOC(=O)C(=O)c1cc(Br)ccc1C(C)C.